The van der Waals surface area contributed by atoms with Crippen molar-refractivity contribution in [2.45, 2.75) is 116 Å². The van der Waals surface area contributed by atoms with Gasteiger partial charge in [0.1, 0.15) is 29.9 Å². The van der Waals surface area contributed by atoms with Crippen LogP contribution in [0.1, 0.15) is 101 Å². The Balaban J connectivity index is 1.92. The first-order chi connectivity index (χ1) is 25.3. The lowest BCUT2D eigenvalue weighted by atomic mass is 9.91. The number of nitrogens with zero attached hydrogens (tertiary/aromatic N) is 1. The van der Waals surface area contributed by atoms with Crippen LogP contribution >= 0.6 is 0 Å². The van der Waals surface area contributed by atoms with Gasteiger partial charge in [0.15, 0.2) is 0 Å². The Morgan fingerprint density at radius 1 is 0.925 bits per heavy atom. The number of rotatable bonds is 17. The van der Waals surface area contributed by atoms with Crippen molar-refractivity contribution < 1.29 is 33.9 Å². The first-order valence-electron chi connectivity index (χ1n) is 18.6. The molecule has 14 nitrogen and oxygen atoms in total. The number of amides is 6. The average Bonchev–Trinajstić information content (AvgIpc) is 3.11. The number of likely N-dealkylation sites (N-methyl/N-ethyl adjacent to an activating group) is 1. The van der Waals surface area contributed by atoms with Gasteiger partial charge >= 0.3 is 0 Å². The highest BCUT2D eigenvalue weighted by atomic mass is 16.3. The summed E-state index contributed by atoms with van der Waals surface area (Å²) < 4.78 is 0. The second-order valence-corrected chi connectivity index (χ2v) is 13.8. The average molecular weight is 736 g/mol. The predicted octanol–water partition coefficient (Wildman–Crippen LogP) is 2.38. The molecule has 1 heterocycles. The fraction of sp³-hybridized carbons (Fsp3) is 0.538. The number of nitrogens with one attached hydrogen (secondary N) is 4. The standard InChI is InChI=1S/C39H57N7O7/c1-5-6-7-8-9-13-33(48)42-20-18-34(49)44-30(12-10-11-19-40)39(53)46(4)35-27-16-17-32(47)29(23-27)28-21-26(15-14-24(28)2)22-31(36(41)50)45-37(51)25(3)43-38(35)52/h14-17,21,23,25,30-31,35,47H,5-13,18-20,22,40H2,1-4H3,(H2,41,50)(H,42,48)(H,43,52)(H,44,49)(H,45,51). The Morgan fingerprint density at radius 2 is 1.66 bits per heavy atom. The van der Waals surface area contributed by atoms with Gasteiger partial charge in [-0.1, -0.05) is 56.9 Å². The summed E-state index contributed by atoms with van der Waals surface area (Å²) >= 11 is 0. The fourth-order valence-electron chi connectivity index (χ4n) is 6.37. The van der Waals surface area contributed by atoms with E-state index in [0.717, 1.165) is 37.7 Å². The van der Waals surface area contributed by atoms with E-state index in [4.69, 9.17) is 11.5 Å². The van der Waals surface area contributed by atoms with Crippen LogP contribution in [0, 0.1) is 6.92 Å². The minimum absolute atomic E-state index is 0.0471. The van der Waals surface area contributed by atoms with Crippen molar-refractivity contribution in [3.63, 3.8) is 0 Å². The van der Waals surface area contributed by atoms with Crippen molar-refractivity contribution in [3.8, 4) is 16.9 Å². The van der Waals surface area contributed by atoms with Gasteiger partial charge in [-0.25, -0.2) is 0 Å². The van der Waals surface area contributed by atoms with E-state index in [2.05, 4.69) is 28.2 Å². The predicted molar refractivity (Wildman–Crippen MR) is 202 cm³/mol. The minimum Gasteiger partial charge on any atom is -0.507 e. The Morgan fingerprint density at radius 3 is 2.36 bits per heavy atom. The summed E-state index contributed by atoms with van der Waals surface area (Å²) in [6, 6.07) is 5.45. The number of nitrogens with two attached hydrogens (primary N) is 2. The molecule has 2 aromatic rings. The summed E-state index contributed by atoms with van der Waals surface area (Å²) in [6.07, 6.45) is 6.86. The van der Waals surface area contributed by atoms with Crippen LogP contribution in [0.15, 0.2) is 36.4 Å². The molecule has 9 N–H and O–H groups in total. The number of hydrogen-bond donors (Lipinski definition) is 7. The second-order valence-electron chi connectivity index (χ2n) is 13.8. The van der Waals surface area contributed by atoms with Crippen molar-refractivity contribution in [1.82, 2.24) is 26.2 Å². The van der Waals surface area contributed by atoms with E-state index in [1.54, 1.807) is 18.2 Å². The van der Waals surface area contributed by atoms with Crippen molar-refractivity contribution in [2.75, 3.05) is 20.1 Å². The lowest BCUT2D eigenvalue weighted by Crippen LogP contribution is -2.55. The van der Waals surface area contributed by atoms with Crippen LogP contribution in [0.3, 0.4) is 0 Å². The number of carbonyl (C=O) groups is 6. The number of unbranched alkanes of at least 4 members (excludes halogenated alkanes) is 5. The van der Waals surface area contributed by atoms with Gasteiger partial charge in [-0.05, 0) is 80.5 Å². The van der Waals surface area contributed by atoms with Gasteiger partial charge in [-0.3, -0.25) is 28.8 Å². The zero-order valence-corrected chi connectivity index (χ0v) is 31.5. The third kappa shape index (κ3) is 12.6. The van der Waals surface area contributed by atoms with E-state index in [-0.39, 0.29) is 37.5 Å². The first-order valence-corrected chi connectivity index (χ1v) is 18.6. The Hall–Kier alpha value is -4.98. The Kier molecular flexibility index (Phi) is 16.7. The molecular weight excluding hydrogens is 678 g/mol. The molecule has 1 aliphatic heterocycles. The maximum atomic E-state index is 14.2. The molecule has 6 amide bonds. The summed E-state index contributed by atoms with van der Waals surface area (Å²) in [5, 5.41) is 21.9. The lowest BCUT2D eigenvalue weighted by molar-refractivity contribution is -0.143. The quantitative estimate of drug-likeness (QED) is 0.119. The van der Waals surface area contributed by atoms with Crippen LogP contribution in [0.5, 0.6) is 5.75 Å². The summed E-state index contributed by atoms with van der Waals surface area (Å²) in [7, 11) is 1.44. The van der Waals surface area contributed by atoms with E-state index in [1.807, 2.05) is 13.0 Å². The highest BCUT2D eigenvalue weighted by Gasteiger charge is 2.35. The highest BCUT2D eigenvalue weighted by Crippen LogP contribution is 2.36. The van der Waals surface area contributed by atoms with Crippen LogP contribution in [0.2, 0.25) is 0 Å². The van der Waals surface area contributed by atoms with Gasteiger partial charge in [0.2, 0.25) is 35.4 Å². The van der Waals surface area contributed by atoms with Crippen molar-refractivity contribution >= 4 is 35.4 Å². The molecule has 0 radical (unpaired) electrons. The molecule has 14 heteroatoms. The largest absolute Gasteiger partial charge is 0.507 e. The van der Waals surface area contributed by atoms with Gasteiger partial charge in [-0.2, -0.15) is 0 Å². The monoisotopic (exact) mass is 735 g/mol. The molecule has 4 unspecified atom stereocenters. The van der Waals surface area contributed by atoms with Gasteiger partial charge in [-0.15, -0.1) is 0 Å². The third-order valence-electron chi connectivity index (χ3n) is 9.53. The van der Waals surface area contributed by atoms with Crippen LogP contribution < -0.4 is 32.7 Å². The molecule has 4 bridgehead atoms. The van der Waals surface area contributed by atoms with E-state index in [9.17, 15) is 33.9 Å². The van der Waals surface area contributed by atoms with Gasteiger partial charge in [0, 0.05) is 38.4 Å². The van der Waals surface area contributed by atoms with Crippen LogP contribution in [-0.2, 0) is 35.2 Å². The first kappa shape index (κ1) is 42.4. The lowest BCUT2D eigenvalue weighted by Gasteiger charge is -2.32. The number of primary amides is 1. The van der Waals surface area contributed by atoms with Crippen molar-refractivity contribution in [2.24, 2.45) is 11.5 Å². The molecular formula is C39H57N7O7. The zero-order chi connectivity index (χ0) is 39.1. The molecule has 0 aliphatic carbocycles. The smallest absolute Gasteiger partial charge is 0.248 e. The number of hydrogen-bond acceptors (Lipinski definition) is 8. The number of carbonyl (C=O) groups excluding carboxylic acids is 6. The number of fused-ring (bicyclic) bond motifs is 5. The molecule has 0 spiro atoms. The maximum Gasteiger partial charge on any atom is 0.248 e. The molecule has 0 saturated carbocycles. The van der Waals surface area contributed by atoms with Crippen molar-refractivity contribution in [3.05, 3.63) is 53.1 Å². The third-order valence-corrected chi connectivity index (χ3v) is 9.53. The normalized spacial score (nSPS) is 17.8. The molecule has 0 aromatic heterocycles. The van der Waals surface area contributed by atoms with Crippen molar-refractivity contribution in [1.29, 1.82) is 0 Å². The zero-order valence-electron chi connectivity index (χ0n) is 31.5. The number of aryl methyl sites for hydroxylation is 1. The molecule has 0 saturated heterocycles. The Bertz CT molecular complexity index is 1610. The summed E-state index contributed by atoms with van der Waals surface area (Å²) in [4.78, 5) is 80.5. The van der Waals surface area contributed by atoms with E-state index >= 15 is 0 Å². The van der Waals surface area contributed by atoms with Gasteiger partial charge in [0.25, 0.3) is 0 Å². The number of aromatic hydroxyl groups is 1. The number of benzene rings is 2. The molecule has 0 fully saturated rings. The second kappa shape index (κ2) is 20.9. The van der Waals surface area contributed by atoms with Crippen LogP contribution in [-0.4, -0.2) is 83.7 Å². The van der Waals surface area contributed by atoms with Gasteiger partial charge in [0.05, 0.1) is 0 Å². The maximum absolute atomic E-state index is 14.2. The molecule has 53 heavy (non-hydrogen) atoms. The molecule has 4 atom stereocenters. The van der Waals surface area contributed by atoms with Gasteiger partial charge < -0.3 is 42.7 Å². The summed E-state index contributed by atoms with van der Waals surface area (Å²) in [5.41, 5.74) is 14.2. The minimum atomic E-state index is -1.30. The molecule has 290 valence electrons. The van der Waals surface area contributed by atoms with Crippen LogP contribution in [0.25, 0.3) is 11.1 Å². The van der Waals surface area contributed by atoms with E-state index in [1.165, 1.54) is 31.0 Å². The SMILES string of the molecule is CCCCCCCC(=O)NCCC(=O)NC(CCCCN)C(=O)N(C)C1C(=O)NC(C)C(=O)NC(C(N)=O)Cc2ccc(C)c(c2)-c2cc1ccc2O. The molecule has 2 aromatic carbocycles. The molecule has 1 aliphatic rings. The highest BCUT2D eigenvalue weighted by molar-refractivity contribution is 5.96. The summed E-state index contributed by atoms with van der Waals surface area (Å²) in [5.74, 6) is -3.33. The van der Waals surface area contributed by atoms with E-state index < -0.39 is 53.7 Å². The number of phenols is 1. The fourth-order valence-corrected chi connectivity index (χ4v) is 6.37. The summed E-state index contributed by atoms with van der Waals surface area (Å²) in [6.45, 7) is 5.91. The number of phenolic OH excluding ortho intramolecular Hbond substituents is 1. The molecule has 3 rings (SSSR count). The Labute approximate surface area is 312 Å². The topological polar surface area (TPSA) is 226 Å². The van der Waals surface area contributed by atoms with E-state index in [0.29, 0.717) is 48.1 Å². The van der Waals surface area contributed by atoms with Crippen LogP contribution in [0.4, 0.5) is 0 Å².